The van der Waals surface area contributed by atoms with Gasteiger partial charge in [0.05, 0.1) is 11.1 Å². The zero-order valence-corrected chi connectivity index (χ0v) is 12.5. The van der Waals surface area contributed by atoms with Crippen molar-refractivity contribution in [3.8, 4) is 17.5 Å². The van der Waals surface area contributed by atoms with Gasteiger partial charge in [0.1, 0.15) is 17.4 Å². The van der Waals surface area contributed by atoms with Crippen LogP contribution in [0.5, 0.6) is 0 Å². The second-order valence-electron chi connectivity index (χ2n) is 5.56. The lowest BCUT2D eigenvalue weighted by Gasteiger charge is -2.07. The zero-order valence-electron chi connectivity index (χ0n) is 12.5. The summed E-state index contributed by atoms with van der Waals surface area (Å²) in [5, 5.41) is 9.20. The van der Waals surface area contributed by atoms with Crippen LogP contribution < -0.4 is 0 Å². The Morgan fingerprint density at radius 2 is 1.81 bits per heavy atom. The maximum Gasteiger partial charge on any atom is 0.140 e. The Labute approximate surface area is 124 Å². The molecule has 0 saturated heterocycles. The average molecular weight is 275 g/mol. The third kappa shape index (κ3) is 2.19. The van der Waals surface area contributed by atoms with Crippen molar-refractivity contribution >= 4 is 11.0 Å². The van der Waals surface area contributed by atoms with Gasteiger partial charge in [0.2, 0.25) is 0 Å². The van der Waals surface area contributed by atoms with Crippen molar-refractivity contribution in [3.63, 3.8) is 0 Å². The van der Waals surface area contributed by atoms with E-state index in [9.17, 15) is 5.26 Å². The molecule has 0 saturated carbocycles. The van der Waals surface area contributed by atoms with Crippen LogP contribution in [-0.2, 0) is 7.05 Å². The minimum atomic E-state index is 0.518. The lowest BCUT2D eigenvalue weighted by molar-refractivity contribution is 0.866. The highest BCUT2D eigenvalue weighted by Gasteiger charge is 2.12. The number of nitrogens with zero attached hydrogens (tertiary/aromatic N) is 3. The second-order valence-corrected chi connectivity index (χ2v) is 5.56. The van der Waals surface area contributed by atoms with Crippen LogP contribution >= 0.6 is 0 Å². The molecular formula is C18H17N3. The normalized spacial score (nSPS) is 11.0. The van der Waals surface area contributed by atoms with Crippen molar-refractivity contribution in [2.24, 2.45) is 7.05 Å². The quantitative estimate of drug-likeness (QED) is 0.702. The molecular weight excluding hydrogens is 258 g/mol. The number of fused-ring (bicyclic) bond motifs is 1. The third-order valence-corrected chi connectivity index (χ3v) is 3.87. The van der Waals surface area contributed by atoms with E-state index < -0.39 is 0 Å². The number of benzene rings is 2. The first kappa shape index (κ1) is 13.4. The molecule has 3 aromatic rings. The maximum absolute atomic E-state index is 9.20. The van der Waals surface area contributed by atoms with Crippen molar-refractivity contribution < 1.29 is 0 Å². The van der Waals surface area contributed by atoms with Crippen LogP contribution in [0.2, 0.25) is 0 Å². The molecule has 0 N–H and O–H groups in total. The van der Waals surface area contributed by atoms with E-state index in [1.54, 1.807) is 6.07 Å². The first-order valence-electron chi connectivity index (χ1n) is 7.07. The lowest BCUT2D eigenvalue weighted by atomic mass is 10.0. The third-order valence-electron chi connectivity index (χ3n) is 3.87. The maximum atomic E-state index is 9.20. The summed E-state index contributed by atoms with van der Waals surface area (Å²) in [7, 11) is 1.99. The summed E-state index contributed by atoms with van der Waals surface area (Å²) in [6.07, 6.45) is 0. The van der Waals surface area contributed by atoms with E-state index in [1.165, 1.54) is 5.56 Å². The number of imidazole rings is 1. The van der Waals surface area contributed by atoms with Gasteiger partial charge in [-0.25, -0.2) is 4.98 Å². The van der Waals surface area contributed by atoms with E-state index in [-0.39, 0.29) is 0 Å². The number of rotatable bonds is 2. The molecule has 0 fully saturated rings. The Bertz CT molecular complexity index is 833. The van der Waals surface area contributed by atoms with Crippen molar-refractivity contribution in [2.75, 3.05) is 0 Å². The Morgan fingerprint density at radius 3 is 2.43 bits per heavy atom. The van der Waals surface area contributed by atoms with Crippen LogP contribution in [-0.4, -0.2) is 9.55 Å². The Hall–Kier alpha value is -2.60. The van der Waals surface area contributed by atoms with Gasteiger partial charge in [-0.1, -0.05) is 44.2 Å². The summed E-state index contributed by atoms with van der Waals surface area (Å²) in [6.45, 7) is 4.37. The van der Waals surface area contributed by atoms with E-state index in [0.717, 1.165) is 22.4 Å². The van der Waals surface area contributed by atoms with Gasteiger partial charge in [-0.05, 0) is 23.6 Å². The smallest absolute Gasteiger partial charge is 0.140 e. The molecule has 2 aromatic carbocycles. The van der Waals surface area contributed by atoms with Crippen molar-refractivity contribution in [3.05, 3.63) is 53.6 Å². The van der Waals surface area contributed by atoms with Gasteiger partial charge in [-0.15, -0.1) is 0 Å². The van der Waals surface area contributed by atoms with E-state index in [1.807, 2.05) is 23.7 Å². The fourth-order valence-corrected chi connectivity index (χ4v) is 2.58. The van der Waals surface area contributed by atoms with Gasteiger partial charge < -0.3 is 4.57 Å². The van der Waals surface area contributed by atoms with Gasteiger partial charge in [0.25, 0.3) is 0 Å². The molecule has 3 nitrogen and oxygen atoms in total. The predicted molar refractivity (Wildman–Crippen MR) is 85.0 cm³/mol. The molecule has 3 rings (SSSR count). The molecule has 0 atom stereocenters. The molecule has 0 unspecified atom stereocenters. The molecule has 0 bridgehead atoms. The van der Waals surface area contributed by atoms with Gasteiger partial charge in [-0.2, -0.15) is 5.26 Å². The molecule has 21 heavy (non-hydrogen) atoms. The molecule has 3 heteroatoms. The first-order chi connectivity index (χ1) is 10.1. The summed E-state index contributed by atoms with van der Waals surface area (Å²) in [5.41, 5.74) is 4.76. The number of hydrogen-bond acceptors (Lipinski definition) is 2. The van der Waals surface area contributed by atoms with E-state index in [2.05, 4.69) is 49.2 Å². The number of hydrogen-bond donors (Lipinski definition) is 0. The summed E-state index contributed by atoms with van der Waals surface area (Å²) in [5.74, 6) is 1.41. The predicted octanol–water partition coefficient (Wildman–Crippen LogP) is 4.24. The summed E-state index contributed by atoms with van der Waals surface area (Å²) < 4.78 is 2.04. The summed E-state index contributed by atoms with van der Waals surface area (Å²) in [4.78, 5) is 4.67. The van der Waals surface area contributed by atoms with Crippen LogP contribution in [0.3, 0.4) is 0 Å². The number of aryl methyl sites for hydroxylation is 1. The van der Waals surface area contributed by atoms with Crippen LogP contribution in [0.25, 0.3) is 22.4 Å². The van der Waals surface area contributed by atoms with Crippen molar-refractivity contribution in [1.29, 1.82) is 5.26 Å². The molecule has 104 valence electrons. The standard InChI is InChI=1S/C18H17N3/c1-12(2)13-7-9-14(10-8-13)18-20-17-15(11-19)5-4-6-16(17)21(18)3/h4-10,12H,1-3H3. The van der Waals surface area contributed by atoms with Crippen molar-refractivity contribution in [1.82, 2.24) is 9.55 Å². The molecule has 0 spiro atoms. The minimum Gasteiger partial charge on any atom is -0.327 e. The topological polar surface area (TPSA) is 41.6 Å². The van der Waals surface area contributed by atoms with Crippen LogP contribution in [0.4, 0.5) is 0 Å². The Kier molecular flexibility index (Phi) is 3.23. The van der Waals surface area contributed by atoms with E-state index >= 15 is 0 Å². The fourth-order valence-electron chi connectivity index (χ4n) is 2.58. The van der Waals surface area contributed by atoms with Gasteiger partial charge >= 0.3 is 0 Å². The molecule has 1 heterocycles. The molecule has 0 aliphatic carbocycles. The Balaban J connectivity index is 2.17. The summed E-state index contributed by atoms with van der Waals surface area (Å²) >= 11 is 0. The molecule has 0 amide bonds. The van der Waals surface area contributed by atoms with Crippen LogP contribution in [0, 0.1) is 11.3 Å². The highest BCUT2D eigenvalue weighted by molar-refractivity contribution is 5.85. The molecule has 0 aliphatic rings. The van der Waals surface area contributed by atoms with Gasteiger partial charge in [0, 0.05) is 12.6 Å². The van der Waals surface area contributed by atoms with Crippen LogP contribution in [0.1, 0.15) is 30.9 Å². The SMILES string of the molecule is CC(C)c1ccc(-c2nc3c(C#N)cccc3n2C)cc1. The highest BCUT2D eigenvalue weighted by Crippen LogP contribution is 2.26. The average Bonchev–Trinajstić information content (AvgIpc) is 2.85. The summed E-state index contributed by atoms with van der Waals surface area (Å²) in [6, 6.07) is 16.4. The number of nitriles is 1. The van der Waals surface area contributed by atoms with Gasteiger partial charge in [-0.3, -0.25) is 0 Å². The largest absolute Gasteiger partial charge is 0.327 e. The van der Waals surface area contributed by atoms with Crippen LogP contribution in [0.15, 0.2) is 42.5 Å². The van der Waals surface area contributed by atoms with Gasteiger partial charge in [0.15, 0.2) is 0 Å². The zero-order chi connectivity index (χ0) is 15.0. The monoisotopic (exact) mass is 275 g/mol. The minimum absolute atomic E-state index is 0.518. The fraction of sp³-hybridized carbons (Fsp3) is 0.222. The molecule has 0 radical (unpaired) electrons. The second kappa shape index (κ2) is 5.06. The van der Waals surface area contributed by atoms with E-state index in [4.69, 9.17) is 0 Å². The number of aromatic nitrogens is 2. The lowest BCUT2D eigenvalue weighted by Crippen LogP contribution is -1.93. The first-order valence-corrected chi connectivity index (χ1v) is 7.07. The molecule has 0 aliphatic heterocycles. The Morgan fingerprint density at radius 1 is 1.10 bits per heavy atom. The van der Waals surface area contributed by atoms with E-state index in [0.29, 0.717) is 11.5 Å². The molecule has 1 aromatic heterocycles. The highest BCUT2D eigenvalue weighted by atomic mass is 15.1. The van der Waals surface area contributed by atoms with Crippen molar-refractivity contribution in [2.45, 2.75) is 19.8 Å². The number of para-hydroxylation sites is 1.